The summed E-state index contributed by atoms with van der Waals surface area (Å²) in [6.45, 7) is 7.52. The summed E-state index contributed by atoms with van der Waals surface area (Å²) in [4.78, 5) is 26.0. The normalized spacial score (nSPS) is 15.9. The van der Waals surface area contributed by atoms with E-state index in [1.54, 1.807) is 0 Å². The number of amides is 1. The van der Waals surface area contributed by atoms with Crippen molar-refractivity contribution in [3.63, 3.8) is 0 Å². The van der Waals surface area contributed by atoms with Gasteiger partial charge in [0.2, 0.25) is 0 Å². The molecule has 1 aromatic carbocycles. The molecule has 0 atom stereocenters. The van der Waals surface area contributed by atoms with Gasteiger partial charge in [-0.15, -0.1) is 0 Å². The zero-order valence-corrected chi connectivity index (χ0v) is 13.0. The minimum Gasteiger partial charge on any atom is -0.466 e. The van der Waals surface area contributed by atoms with Crippen LogP contribution in [0.1, 0.15) is 41.3 Å². The van der Waals surface area contributed by atoms with Crippen LogP contribution in [0, 0.1) is 19.8 Å². The van der Waals surface area contributed by atoms with Crippen LogP contribution in [-0.4, -0.2) is 36.5 Å². The SMILES string of the molecule is CCOC(=O)C1CCN(C(=O)c2ccc(C)c(C)c2)CC1. The van der Waals surface area contributed by atoms with Gasteiger partial charge < -0.3 is 9.64 Å². The molecule has 1 heterocycles. The summed E-state index contributed by atoms with van der Waals surface area (Å²) < 4.78 is 5.05. The zero-order valence-electron chi connectivity index (χ0n) is 13.0. The Hall–Kier alpha value is -1.84. The molecule has 0 saturated carbocycles. The van der Waals surface area contributed by atoms with Crippen LogP contribution in [0.25, 0.3) is 0 Å². The third kappa shape index (κ3) is 3.63. The molecule has 0 aromatic heterocycles. The Morgan fingerprint density at radius 2 is 1.86 bits per heavy atom. The number of ether oxygens (including phenoxy) is 1. The second kappa shape index (κ2) is 6.74. The number of rotatable bonds is 3. The molecule has 0 unspecified atom stereocenters. The number of likely N-dealkylation sites (tertiary alicyclic amines) is 1. The van der Waals surface area contributed by atoms with E-state index in [4.69, 9.17) is 4.74 Å². The molecule has 0 radical (unpaired) electrons. The Morgan fingerprint density at radius 3 is 2.43 bits per heavy atom. The maximum absolute atomic E-state index is 12.5. The van der Waals surface area contributed by atoms with Crippen LogP contribution in [0.5, 0.6) is 0 Å². The molecule has 1 fully saturated rings. The summed E-state index contributed by atoms with van der Waals surface area (Å²) in [5, 5.41) is 0. The molecule has 1 aliphatic rings. The van der Waals surface area contributed by atoms with Crippen molar-refractivity contribution in [1.82, 2.24) is 4.90 Å². The van der Waals surface area contributed by atoms with E-state index in [1.165, 1.54) is 5.56 Å². The lowest BCUT2D eigenvalue weighted by Gasteiger charge is -2.31. The topological polar surface area (TPSA) is 46.6 Å². The molecule has 4 nitrogen and oxygen atoms in total. The van der Waals surface area contributed by atoms with E-state index in [1.807, 2.05) is 43.9 Å². The summed E-state index contributed by atoms with van der Waals surface area (Å²) in [5.41, 5.74) is 3.04. The number of esters is 1. The third-order valence-corrected chi connectivity index (χ3v) is 4.16. The third-order valence-electron chi connectivity index (χ3n) is 4.16. The molecule has 1 saturated heterocycles. The molecule has 0 bridgehead atoms. The summed E-state index contributed by atoms with van der Waals surface area (Å²) in [6, 6.07) is 5.80. The first-order valence-electron chi connectivity index (χ1n) is 7.56. The van der Waals surface area contributed by atoms with E-state index >= 15 is 0 Å². The second-order valence-electron chi connectivity index (χ2n) is 5.62. The summed E-state index contributed by atoms with van der Waals surface area (Å²) >= 11 is 0. The van der Waals surface area contributed by atoms with Gasteiger partial charge in [-0.05, 0) is 56.9 Å². The van der Waals surface area contributed by atoms with Gasteiger partial charge in [-0.3, -0.25) is 9.59 Å². The largest absolute Gasteiger partial charge is 0.466 e. The van der Waals surface area contributed by atoms with E-state index in [0.29, 0.717) is 32.5 Å². The number of benzene rings is 1. The fourth-order valence-electron chi connectivity index (χ4n) is 2.64. The van der Waals surface area contributed by atoms with Gasteiger partial charge in [0.15, 0.2) is 0 Å². The Bertz CT molecular complexity index is 531. The average Bonchev–Trinajstić information content (AvgIpc) is 2.50. The lowest BCUT2D eigenvalue weighted by atomic mass is 9.96. The molecule has 1 amide bonds. The number of hydrogen-bond acceptors (Lipinski definition) is 3. The standard InChI is InChI=1S/C17H23NO3/c1-4-21-17(20)14-7-9-18(10-8-14)16(19)15-6-5-12(2)13(3)11-15/h5-6,11,14H,4,7-10H2,1-3H3. The molecule has 0 N–H and O–H groups in total. The van der Waals surface area contributed by atoms with Gasteiger partial charge in [-0.25, -0.2) is 0 Å². The number of hydrogen-bond donors (Lipinski definition) is 0. The van der Waals surface area contributed by atoms with Crippen molar-refractivity contribution in [2.45, 2.75) is 33.6 Å². The fraction of sp³-hybridized carbons (Fsp3) is 0.529. The highest BCUT2D eigenvalue weighted by Crippen LogP contribution is 2.21. The predicted molar refractivity (Wildman–Crippen MR) is 81.2 cm³/mol. The van der Waals surface area contributed by atoms with Crippen molar-refractivity contribution in [2.75, 3.05) is 19.7 Å². The highest BCUT2D eigenvalue weighted by atomic mass is 16.5. The number of carbonyl (C=O) groups is 2. The molecule has 1 aliphatic heterocycles. The van der Waals surface area contributed by atoms with Crippen LogP contribution in [0.3, 0.4) is 0 Å². The van der Waals surface area contributed by atoms with Crippen LogP contribution in [-0.2, 0) is 9.53 Å². The Balaban J connectivity index is 1.97. The van der Waals surface area contributed by atoms with Crippen LogP contribution in [0.4, 0.5) is 0 Å². The number of piperidine rings is 1. The monoisotopic (exact) mass is 289 g/mol. The van der Waals surface area contributed by atoms with Crippen LogP contribution in [0.15, 0.2) is 18.2 Å². The van der Waals surface area contributed by atoms with E-state index in [2.05, 4.69) is 0 Å². The fourth-order valence-corrected chi connectivity index (χ4v) is 2.64. The van der Waals surface area contributed by atoms with Crippen molar-refractivity contribution in [3.05, 3.63) is 34.9 Å². The molecule has 21 heavy (non-hydrogen) atoms. The number of carbonyl (C=O) groups excluding carboxylic acids is 2. The summed E-state index contributed by atoms with van der Waals surface area (Å²) in [7, 11) is 0. The van der Waals surface area contributed by atoms with Crippen LogP contribution >= 0.6 is 0 Å². The predicted octanol–water partition coefficient (Wildman–Crippen LogP) is 2.72. The molecule has 4 heteroatoms. The summed E-state index contributed by atoms with van der Waals surface area (Å²) in [5.74, 6) is -0.134. The molecular formula is C17H23NO3. The van der Waals surface area contributed by atoms with E-state index in [-0.39, 0.29) is 17.8 Å². The quantitative estimate of drug-likeness (QED) is 0.804. The average molecular weight is 289 g/mol. The van der Waals surface area contributed by atoms with Crippen molar-refractivity contribution in [1.29, 1.82) is 0 Å². The smallest absolute Gasteiger partial charge is 0.309 e. The maximum Gasteiger partial charge on any atom is 0.309 e. The molecule has 2 rings (SSSR count). The molecule has 114 valence electrons. The van der Waals surface area contributed by atoms with Gasteiger partial charge in [0, 0.05) is 18.7 Å². The lowest BCUT2D eigenvalue weighted by molar-refractivity contribution is -0.149. The molecule has 0 spiro atoms. The lowest BCUT2D eigenvalue weighted by Crippen LogP contribution is -2.40. The highest BCUT2D eigenvalue weighted by molar-refractivity contribution is 5.94. The van der Waals surface area contributed by atoms with Gasteiger partial charge in [0.25, 0.3) is 5.91 Å². The van der Waals surface area contributed by atoms with Crippen molar-refractivity contribution in [3.8, 4) is 0 Å². The first-order valence-corrected chi connectivity index (χ1v) is 7.56. The number of aryl methyl sites for hydroxylation is 2. The van der Waals surface area contributed by atoms with E-state index < -0.39 is 0 Å². The highest BCUT2D eigenvalue weighted by Gasteiger charge is 2.28. The summed E-state index contributed by atoms with van der Waals surface area (Å²) in [6.07, 6.45) is 1.38. The zero-order chi connectivity index (χ0) is 15.4. The van der Waals surface area contributed by atoms with Crippen LogP contribution in [0.2, 0.25) is 0 Å². The van der Waals surface area contributed by atoms with Crippen molar-refractivity contribution in [2.24, 2.45) is 5.92 Å². The van der Waals surface area contributed by atoms with E-state index in [9.17, 15) is 9.59 Å². The first kappa shape index (κ1) is 15.5. The van der Waals surface area contributed by atoms with Gasteiger partial charge in [0.05, 0.1) is 12.5 Å². The Kier molecular flexibility index (Phi) is 4.99. The van der Waals surface area contributed by atoms with Crippen molar-refractivity contribution >= 4 is 11.9 Å². The van der Waals surface area contributed by atoms with E-state index in [0.717, 1.165) is 11.1 Å². The first-order chi connectivity index (χ1) is 10.0. The maximum atomic E-state index is 12.5. The van der Waals surface area contributed by atoms with Gasteiger partial charge in [0.1, 0.15) is 0 Å². The second-order valence-corrected chi connectivity index (χ2v) is 5.62. The minimum atomic E-state index is -0.129. The minimum absolute atomic E-state index is 0.0559. The van der Waals surface area contributed by atoms with Crippen LogP contribution < -0.4 is 0 Å². The van der Waals surface area contributed by atoms with Crippen molar-refractivity contribution < 1.29 is 14.3 Å². The molecular weight excluding hydrogens is 266 g/mol. The molecule has 1 aromatic rings. The Labute approximate surface area is 126 Å². The van der Waals surface area contributed by atoms with Gasteiger partial charge in [-0.2, -0.15) is 0 Å². The molecule has 0 aliphatic carbocycles. The van der Waals surface area contributed by atoms with Gasteiger partial charge in [-0.1, -0.05) is 6.07 Å². The number of nitrogens with zero attached hydrogens (tertiary/aromatic N) is 1. The van der Waals surface area contributed by atoms with Gasteiger partial charge >= 0.3 is 5.97 Å². The Morgan fingerprint density at radius 1 is 1.19 bits per heavy atom.